The molecule has 1 fully saturated rings. The van der Waals surface area contributed by atoms with E-state index in [4.69, 9.17) is 9.47 Å². The molecule has 1 N–H and O–H groups in total. The average Bonchev–Trinajstić information content (AvgIpc) is 2.72. The molecule has 0 aliphatic carbocycles. The number of aryl methyl sites for hydroxylation is 1. The van der Waals surface area contributed by atoms with E-state index in [2.05, 4.69) is 42.1 Å². The van der Waals surface area contributed by atoms with Gasteiger partial charge in [-0.05, 0) is 68.4 Å². The van der Waals surface area contributed by atoms with Gasteiger partial charge in [0.2, 0.25) is 0 Å². The number of hydrogen-bond acceptors (Lipinski definition) is 5. The van der Waals surface area contributed by atoms with E-state index in [1.165, 1.54) is 5.69 Å². The van der Waals surface area contributed by atoms with Gasteiger partial charge in [0.05, 0.1) is 6.61 Å². The van der Waals surface area contributed by atoms with Crippen molar-refractivity contribution in [3.8, 4) is 11.5 Å². The number of carbonyl (C=O) groups excluding carboxylic acids is 1. The first-order valence-corrected chi connectivity index (χ1v) is 10.2. The topological polar surface area (TPSA) is 54.0 Å². The fraction of sp³-hybridized carbons (Fsp3) is 0.435. The third-order valence-electron chi connectivity index (χ3n) is 4.99. The van der Waals surface area contributed by atoms with E-state index in [0.717, 1.165) is 49.6 Å². The molecule has 1 heterocycles. The van der Waals surface area contributed by atoms with Crippen molar-refractivity contribution < 1.29 is 14.3 Å². The quantitative estimate of drug-likeness (QED) is 0.738. The highest BCUT2D eigenvalue weighted by Crippen LogP contribution is 2.25. The number of benzene rings is 2. The predicted molar refractivity (Wildman–Crippen MR) is 117 cm³/mol. The van der Waals surface area contributed by atoms with Crippen molar-refractivity contribution in [3.05, 3.63) is 48.0 Å². The minimum Gasteiger partial charge on any atom is -0.494 e. The zero-order chi connectivity index (χ0) is 20.6. The van der Waals surface area contributed by atoms with Gasteiger partial charge in [-0.1, -0.05) is 6.92 Å². The number of hydrogen-bond donors (Lipinski definition) is 1. The third kappa shape index (κ3) is 6.12. The van der Waals surface area contributed by atoms with Crippen LogP contribution >= 0.6 is 0 Å². The molecule has 0 spiro atoms. The van der Waals surface area contributed by atoms with Crippen LogP contribution < -0.4 is 19.7 Å². The van der Waals surface area contributed by atoms with Gasteiger partial charge in [0, 0.05) is 37.6 Å². The highest BCUT2D eigenvalue weighted by Gasteiger charge is 2.16. The van der Waals surface area contributed by atoms with E-state index in [-0.39, 0.29) is 12.5 Å². The highest BCUT2D eigenvalue weighted by atomic mass is 16.5. The normalized spacial score (nSPS) is 14.5. The van der Waals surface area contributed by atoms with Crippen molar-refractivity contribution in [3.63, 3.8) is 0 Å². The van der Waals surface area contributed by atoms with E-state index >= 15 is 0 Å². The fourth-order valence-electron chi connectivity index (χ4n) is 3.33. The lowest BCUT2D eigenvalue weighted by Gasteiger charge is -2.35. The molecule has 0 aromatic heterocycles. The van der Waals surface area contributed by atoms with Gasteiger partial charge < -0.3 is 24.6 Å². The standard InChI is InChI=1S/C23H31N3O3/c1-4-15-28-20-6-8-21(9-7-20)29-17-23(27)24-19-5-10-22(18(2)16-19)26-13-11-25(3)12-14-26/h5-10,16H,4,11-15,17H2,1-3H3,(H,24,27). The summed E-state index contributed by atoms with van der Waals surface area (Å²) in [7, 11) is 2.15. The van der Waals surface area contributed by atoms with E-state index < -0.39 is 0 Å². The van der Waals surface area contributed by atoms with Gasteiger partial charge >= 0.3 is 0 Å². The van der Waals surface area contributed by atoms with E-state index in [0.29, 0.717) is 12.4 Å². The molecule has 1 saturated heterocycles. The van der Waals surface area contributed by atoms with Crippen LogP contribution in [0.3, 0.4) is 0 Å². The first-order valence-electron chi connectivity index (χ1n) is 10.2. The molecule has 2 aromatic rings. The van der Waals surface area contributed by atoms with Gasteiger partial charge in [0.25, 0.3) is 5.91 Å². The van der Waals surface area contributed by atoms with Gasteiger partial charge in [0.1, 0.15) is 11.5 Å². The Bertz CT molecular complexity index is 800. The zero-order valence-electron chi connectivity index (χ0n) is 17.6. The van der Waals surface area contributed by atoms with Crippen LogP contribution in [0.4, 0.5) is 11.4 Å². The summed E-state index contributed by atoms with van der Waals surface area (Å²) < 4.78 is 11.1. The minimum absolute atomic E-state index is 0.0333. The van der Waals surface area contributed by atoms with Crippen molar-refractivity contribution in [1.29, 1.82) is 0 Å². The molecule has 2 aromatic carbocycles. The van der Waals surface area contributed by atoms with Crippen LogP contribution in [-0.2, 0) is 4.79 Å². The number of ether oxygens (including phenoxy) is 2. The number of rotatable bonds is 8. The maximum absolute atomic E-state index is 12.3. The molecule has 6 nitrogen and oxygen atoms in total. The van der Waals surface area contributed by atoms with Crippen molar-refractivity contribution in [1.82, 2.24) is 4.90 Å². The molecular weight excluding hydrogens is 366 g/mol. The van der Waals surface area contributed by atoms with E-state index in [9.17, 15) is 4.79 Å². The summed E-state index contributed by atoms with van der Waals surface area (Å²) in [6, 6.07) is 13.4. The maximum Gasteiger partial charge on any atom is 0.262 e. The summed E-state index contributed by atoms with van der Waals surface area (Å²) >= 11 is 0. The van der Waals surface area contributed by atoms with Crippen LogP contribution in [0.5, 0.6) is 11.5 Å². The summed E-state index contributed by atoms with van der Waals surface area (Å²) in [5.41, 5.74) is 3.19. The SMILES string of the molecule is CCCOc1ccc(OCC(=O)Nc2ccc(N3CCN(C)CC3)c(C)c2)cc1. The summed E-state index contributed by atoms with van der Waals surface area (Å²) in [5.74, 6) is 1.27. The van der Waals surface area contributed by atoms with Crippen molar-refractivity contribution >= 4 is 17.3 Å². The van der Waals surface area contributed by atoms with Crippen LogP contribution in [-0.4, -0.2) is 57.2 Å². The summed E-state index contributed by atoms with van der Waals surface area (Å²) in [4.78, 5) is 17.0. The molecule has 0 atom stereocenters. The van der Waals surface area contributed by atoms with Crippen molar-refractivity contribution in [2.45, 2.75) is 20.3 Å². The number of piperazine rings is 1. The van der Waals surface area contributed by atoms with E-state index in [1.807, 2.05) is 36.4 Å². The predicted octanol–water partition coefficient (Wildman–Crippen LogP) is 3.55. The zero-order valence-corrected chi connectivity index (χ0v) is 17.6. The lowest BCUT2D eigenvalue weighted by molar-refractivity contribution is -0.118. The van der Waals surface area contributed by atoms with Crippen LogP contribution in [0.15, 0.2) is 42.5 Å². The second-order valence-electron chi connectivity index (χ2n) is 7.45. The first kappa shape index (κ1) is 21.0. The Morgan fingerprint density at radius 2 is 1.66 bits per heavy atom. The van der Waals surface area contributed by atoms with Crippen LogP contribution in [0, 0.1) is 6.92 Å². The number of likely N-dealkylation sites (N-methyl/N-ethyl adjacent to an activating group) is 1. The minimum atomic E-state index is -0.178. The van der Waals surface area contributed by atoms with Crippen LogP contribution in [0.25, 0.3) is 0 Å². The summed E-state index contributed by atoms with van der Waals surface area (Å²) in [6.07, 6.45) is 0.967. The molecule has 3 rings (SSSR count). The van der Waals surface area contributed by atoms with Gasteiger partial charge in [-0.3, -0.25) is 4.79 Å². The van der Waals surface area contributed by atoms with Crippen molar-refractivity contribution in [2.24, 2.45) is 0 Å². The molecule has 1 aliphatic heterocycles. The molecule has 156 valence electrons. The summed E-state index contributed by atoms with van der Waals surface area (Å²) in [6.45, 7) is 9.00. The van der Waals surface area contributed by atoms with Gasteiger partial charge in [-0.25, -0.2) is 0 Å². The largest absolute Gasteiger partial charge is 0.494 e. The molecule has 0 unspecified atom stereocenters. The highest BCUT2D eigenvalue weighted by molar-refractivity contribution is 5.92. The van der Waals surface area contributed by atoms with Crippen molar-refractivity contribution in [2.75, 3.05) is 56.7 Å². The van der Waals surface area contributed by atoms with E-state index in [1.54, 1.807) is 0 Å². The molecular formula is C23H31N3O3. The van der Waals surface area contributed by atoms with Gasteiger partial charge in [-0.15, -0.1) is 0 Å². The molecule has 0 radical (unpaired) electrons. The molecule has 0 saturated carbocycles. The number of carbonyl (C=O) groups is 1. The Hall–Kier alpha value is -2.73. The second kappa shape index (κ2) is 10.2. The Morgan fingerprint density at radius 3 is 2.28 bits per heavy atom. The lowest BCUT2D eigenvalue weighted by Crippen LogP contribution is -2.44. The average molecular weight is 398 g/mol. The summed E-state index contributed by atoms with van der Waals surface area (Å²) in [5, 5.41) is 2.91. The molecule has 6 heteroatoms. The Kier molecular flexibility index (Phi) is 7.36. The fourth-order valence-corrected chi connectivity index (χ4v) is 3.33. The monoisotopic (exact) mass is 397 g/mol. The van der Waals surface area contributed by atoms with Crippen LogP contribution in [0.2, 0.25) is 0 Å². The van der Waals surface area contributed by atoms with Crippen LogP contribution in [0.1, 0.15) is 18.9 Å². The molecule has 1 aliphatic rings. The molecule has 0 bridgehead atoms. The second-order valence-corrected chi connectivity index (χ2v) is 7.45. The number of nitrogens with one attached hydrogen (secondary N) is 1. The lowest BCUT2D eigenvalue weighted by atomic mass is 10.1. The molecule has 1 amide bonds. The Morgan fingerprint density at radius 1 is 1.00 bits per heavy atom. The number of amides is 1. The molecule has 29 heavy (non-hydrogen) atoms. The Labute approximate surface area is 173 Å². The number of nitrogens with zero attached hydrogens (tertiary/aromatic N) is 2. The third-order valence-corrected chi connectivity index (χ3v) is 4.99. The van der Waals surface area contributed by atoms with Gasteiger partial charge in [0.15, 0.2) is 6.61 Å². The smallest absolute Gasteiger partial charge is 0.262 e. The first-order chi connectivity index (χ1) is 14.0. The number of anilines is 2. The van der Waals surface area contributed by atoms with Gasteiger partial charge in [-0.2, -0.15) is 0 Å². The maximum atomic E-state index is 12.3. The Balaban J connectivity index is 1.49.